The number of aromatic nitrogens is 2. The second-order valence-corrected chi connectivity index (χ2v) is 6.30. The molecule has 0 amide bonds. The van der Waals surface area contributed by atoms with E-state index in [0.29, 0.717) is 5.92 Å². The number of hydrogen-bond donors (Lipinski definition) is 1. The van der Waals surface area contributed by atoms with Crippen LogP contribution in [0.1, 0.15) is 17.3 Å². The maximum atomic E-state index is 10.6. The monoisotopic (exact) mass is 389 g/mol. The van der Waals surface area contributed by atoms with Crippen LogP contribution in [0.4, 0.5) is 13.2 Å². The van der Waals surface area contributed by atoms with E-state index < -0.39 is 12.1 Å². The van der Waals surface area contributed by atoms with Crippen LogP contribution in [0, 0.1) is 12.8 Å². The third kappa shape index (κ3) is 6.40. The molecular weight excluding hydrogens is 367 g/mol. The Morgan fingerprint density at radius 2 is 2.11 bits per heavy atom. The zero-order valence-electron chi connectivity index (χ0n) is 15.1. The van der Waals surface area contributed by atoms with Crippen molar-refractivity contribution in [1.29, 1.82) is 0 Å². The lowest BCUT2D eigenvalue weighted by molar-refractivity contribution is -0.192. The highest BCUT2D eigenvalue weighted by Crippen LogP contribution is 2.19. The number of furan rings is 1. The number of halogens is 3. The van der Waals surface area contributed by atoms with Gasteiger partial charge in [0.05, 0.1) is 19.7 Å². The summed E-state index contributed by atoms with van der Waals surface area (Å²) >= 11 is 0. The molecule has 1 atom stereocenters. The molecular formula is C17H22F3N3O4. The number of alkyl halides is 3. The minimum Gasteiger partial charge on any atom is -0.475 e. The van der Waals surface area contributed by atoms with Gasteiger partial charge in [-0.3, -0.25) is 4.90 Å². The molecule has 1 N–H and O–H groups in total. The van der Waals surface area contributed by atoms with Crippen LogP contribution in [0.15, 0.2) is 28.9 Å². The molecule has 0 saturated carbocycles. The summed E-state index contributed by atoms with van der Waals surface area (Å²) in [5, 5.41) is 7.12. The molecule has 3 rings (SSSR count). The SMILES string of the molecule is COCC1CN(Cc2ccc(C)o2)Cc2nccn2C1.O=C(O)C(F)(F)F. The van der Waals surface area contributed by atoms with Crippen LogP contribution < -0.4 is 0 Å². The van der Waals surface area contributed by atoms with E-state index >= 15 is 0 Å². The lowest BCUT2D eigenvalue weighted by atomic mass is 10.1. The van der Waals surface area contributed by atoms with Crippen molar-refractivity contribution < 1.29 is 32.2 Å². The van der Waals surface area contributed by atoms with Crippen molar-refractivity contribution in [3.63, 3.8) is 0 Å². The summed E-state index contributed by atoms with van der Waals surface area (Å²) in [5.41, 5.74) is 0. The summed E-state index contributed by atoms with van der Waals surface area (Å²) in [7, 11) is 1.76. The molecule has 2 aromatic heterocycles. The molecule has 1 unspecified atom stereocenters. The summed E-state index contributed by atoms with van der Waals surface area (Å²) in [6.07, 6.45) is -1.15. The molecule has 0 radical (unpaired) electrons. The van der Waals surface area contributed by atoms with Crippen LogP contribution >= 0.6 is 0 Å². The molecule has 3 heterocycles. The van der Waals surface area contributed by atoms with Crippen molar-refractivity contribution in [2.24, 2.45) is 5.92 Å². The van der Waals surface area contributed by atoms with Crippen LogP contribution in [-0.4, -0.2) is 52.0 Å². The quantitative estimate of drug-likeness (QED) is 0.866. The Labute approximate surface area is 154 Å². The highest BCUT2D eigenvalue weighted by Gasteiger charge is 2.38. The fraction of sp³-hybridized carbons (Fsp3) is 0.529. The molecule has 10 heteroatoms. The molecule has 0 aromatic carbocycles. The Balaban J connectivity index is 0.000000321. The summed E-state index contributed by atoms with van der Waals surface area (Å²) in [6, 6.07) is 4.07. The van der Waals surface area contributed by atoms with Crippen molar-refractivity contribution in [3.8, 4) is 0 Å². The number of aliphatic carboxylic acids is 1. The Morgan fingerprint density at radius 1 is 1.41 bits per heavy atom. The number of nitrogens with zero attached hydrogens (tertiary/aromatic N) is 3. The van der Waals surface area contributed by atoms with Crippen LogP contribution in [0.5, 0.6) is 0 Å². The highest BCUT2D eigenvalue weighted by molar-refractivity contribution is 5.73. The first-order valence-electron chi connectivity index (χ1n) is 8.25. The van der Waals surface area contributed by atoms with Gasteiger partial charge in [0.25, 0.3) is 0 Å². The first-order valence-corrected chi connectivity index (χ1v) is 8.25. The Kier molecular flexibility index (Phi) is 7.03. The minimum absolute atomic E-state index is 0.478. The van der Waals surface area contributed by atoms with E-state index in [0.717, 1.165) is 50.1 Å². The third-order valence-corrected chi connectivity index (χ3v) is 3.96. The number of carboxylic acids is 1. The van der Waals surface area contributed by atoms with Crippen LogP contribution in [0.25, 0.3) is 0 Å². The van der Waals surface area contributed by atoms with Crippen LogP contribution in [0.3, 0.4) is 0 Å². The van der Waals surface area contributed by atoms with Crippen molar-refractivity contribution in [2.45, 2.75) is 32.7 Å². The fourth-order valence-corrected chi connectivity index (χ4v) is 2.88. The number of rotatable bonds is 4. The van der Waals surface area contributed by atoms with Gasteiger partial charge in [-0.1, -0.05) is 0 Å². The predicted molar refractivity (Wildman–Crippen MR) is 88.8 cm³/mol. The van der Waals surface area contributed by atoms with Gasteiger partial charge in [-0.05, 0) is 19.1 Å². The maximum Gasteiger partial charge on any atom is 0.490 e. The average molecular weight is 389 g/mol. The molecule has 0 fully saturated rings. The molecule has 150 valence electrons. The summed E-state index contributed by atoms with van der Waals surface area (Å²) in [5.74, 6) is 0.814. The molecule has 1 aliphatic heterocycles. The van der Waals surface area contributed by atoms with Gasteiger partial charge in [0.1, 0.15) is 17.3 Å². The molecule has 7 nitrogen and oxygen atoms in total. The minimum atomic E-state index is -5.08. The smallest absolute Gasteiger partial charge is 0.475 e. The number of carboxylic acid groups (broad SMARTS) is 1. The Hall–Kier alpha value is -2.33. The Bertz CT molecular complexity index is 742. The average Bonchev–Trinajstić information content (AvgIpc) is 3.13. The van der Waals surface area contributed by atoms with Gasteiger partial charge in [-0.25, -0.2) is 9.78 Å². The normalized spacial score (nSPS) is 17.6. The molecule has 1 aliphatic rings. The number of aryl methyl sites for hydroxylation is 1. The largest absolute Gasteiger partial charge is 0.490 e. The summed E-state index contributed by atoms with van der Waals surface area (Å²) in [6.45, 7) is 6.39. The number of imidazole rings is 1. The van der Waals surface area contributed by atoms with Gasteiger partial charge >= 0.3 is 12.1 Å². The van der Waals surface area contributed by atoms with E-state index in [1.807, 2.05) is 19.2 Å². The van der Waals surface area contributed by atoms with Crippen molar-refractivity contribution in [2.75, 3.05) is 20.3 Å². The first kappa shape index (κ1) is 21.0. The Morgan fingerprint density at radius 3 is 2.67 bits per heavy atom. The summed E-state index contributed by atoms with van der Waals surface area (Å²) in [4.78, 5) is 15.7. The van der Waals surface area contributed by atoms with Gasteiger partial charge in [0.2, 0.25) is 0 Å². The lowest BCUT2D eigenvalue weighted by Crippen LogP contribution is -2.29. The molecule has 27 heavy (non-hydrogen) atoms. The topological polar surface area (TPSA) is 80.7 Å². The van der Waals surface area contributed by atoms with Gasteiger partial charge in [0, 0.05) is 38.5 Å². The fourth-order valence-electron chi connectivity index (χ4n) is 2.88. The zero-order chi connectivity index (χ0) is 20.0. The summed E-state index contributed by atoms with van der Waals surface area (Å²) < 4.78 is 45.0. The molecule has 0 bridgehead atoms. The van der Waals surface area contributed by atoms with E-state index in [1.165, 1.54) is 0 Å². The van der Waals surface area contributed by atoms with Gasteiger partial charge < -0.3 is 18.8 Å². The number of ether oxygens (including phenoxy) is 1. The third-order valence-electron chi connectivity index (χ3n) is 3.96. The second kappa shape index (κ2) is 9.05. The van der Waals surface area contributed by atoms with E-state index in [2.05, 4.69) is 26.7 Å². The molecule has 2 aromatic rings. The van der Waals surface area contributed by atoms with Crippen LogP contribution in [0.2, 0.25) is 0 Å². The predicted octanol–water partition coefficient (Wildman–Crippen LogP) is 2.70. The number of methoxy groups -OCH3 is 1. The molecule has 0 aliphatic carbocycles. The standard InChI is InChI=1S/C15H21N3O2.C2HF3O2/c1-12-3-4-14(20-12)9-17-7-13(11-19-2)8-18-6-5-16-15(18)10-17;3-2(4,5)1(6)7/h3-6,13H,7-11H2,1-2H3;(H,6,7). The van der Waals surface area contributed by atoms with E-state index in [1.54, 1.807) is 7.11 Å². The molecule has 0 spiro atoms. The van der Waals surface area contributed by atoms with E-state index in [-0.39, 0.29) is 0 Å². The number of fused-ring (bicyclic) bond motifs is 1. The van der Waals surface area contributed by atoms with Crippen molar-refractivity contribution >= 4 is 5.97 Å². The van der Waals surface area contributed by atoms with Crippen molar-refractivity contribution in [3.05, 3.63) is 41.9 Å². The zero-order valence-corrected chi connectivity index (χ0v) is 15.1. The first-order chi connectivity index (χ1) is 12.7. The van der Waals surface area contributed by atoms with E-state index in [4.69, 9.17) is 19.1 Å². The number of hydrogen-bond acceptors (Lipinski definition) is 5. The van der Waals surface area contributed by atoms with Gasteiger partial charge in [0.15, 0.2) is 0 Å². The molecule has 0 saturated heterocycles. The lowest BCUT2D eigenvalue weighted by Gasteiger charge is -2.22. The second-order valence-electron chi connectivity index (χ2n) is 6.30. The van der Waals surface area contributed by atoms with Crippen molar-refractivity contribution in [1.82, 2.24) is 14.5 Å². The highest BCUT2D eigenvalue weighted by atomic mass is 19.4. The maximum absolute atomic E-state index is 10.6. The van der Waals surface area contributed by atoms with Gasteiger partial charge in [-0.2, -0.15) is 13.2 Å². The van der Waals surface area contributed by atoms with Gasteiger partial charge in [-0.15, -0.1) is 0 Å². The van der Waals surface area contributed by atoms with Crippen LogP contribution in [-0.2, 0) is 29.2 Å². The van der Waals surface area contributed by atoms with E-state index in [9.17, 15) is 13.2 Å². The number of carbonyl (C=O) groups is 1.